The van der Waals surface area contributed by atoms with Crippen LogP contribution in [0.25, 0.3) is 55.8 Å². The molecule has 0 amide bonds. The van der Waals surface area contributed by atoms with E-state index in [4.69, 9.17) is 23.1 Å². The lowest BCUT2D eigenvalue weighted by atomic mass is 10.1. The van der Waals surface area contributed by atoms with Crippen molar-refractivity contribution in [3.05, 3.63) is 103 Å². The van der Waals surface area contributed by atoms with Crippen LogP contribution in [0.3, 0.4) is 0 Å². The number of fused-ring (bicyclic) bond motifs is 5. The van der Waals surface area contributed by atoms with Crippen molar-refractivity contribution < 1.29 is 0 Å². The van der Waals surface area contributed by atoms with Crippen molar-refractivity contribution in [2.75, 3.05) is 11.5 Å². The normalized spacial score (nSPS) is 13.3. The second-order valence-electron chi connectivity index (χ2n) is 23.4. The predicted octanol–water partition coefficient (Wildman–Crippen LogP) is 11.6. The largest absolute Gasteiger partial charge is 0.397 e. The first-order valence-corrected chi connectivity index (χ1v) is 25.0. The number of pyridine rings is 4. The van der Waals surface area contributed by atoms with Crippen molar-refractivity contribution >= 4 is 78.9 Å². The van der Waals surface area contributed by atoms with Crippen LogP contribution in [-0.2, 0) is 27.7 Å². The summed E-state index contributed by atoms with van der Waals surface area (Å²) in [6.07, 6.45) is 18.6. The van der Waals surface area contributed by atoms with Gasteiger partial charge in [0.25, 0.3) is 0 Å². The van der Waals surface area contributed by atoms with Crippen molar-refractivity contribution in [3.63, 3.8) is 0 Å². The SMILES string of the molecule is CC(C)(C)n1cnc2c(C3CC3)ccnc21.CC(C)(C)n1cnc2c(Cl)ccnc21.CC(C)(C)n1cnc2c(N)ncnc21.Cc1ccnc2c1ncn2C(C)(C)C.Cc1nc2c(N)ccnc2n1C(C)(C)C. The molecule has 0 bridgehead atoms. The molecule has 19 heteroatoms. The molecule has 10 aromatic heterocycles. The maximum Gasteiger partial charge on any atom is 0.165 e. The molecule has 0 saturated heterocycles. The van der Waals surface area contributed by atoms with Crippen LogP contribution in [0.1, 0.15) is 140 Å². The Labute approximate surface area is 433 Å². The van der Waals surface area contributed by atoms with Gasteiger partial charge in [-0.3, -0.25) is 0 Å². The number of nitrogens with zero attached hydrogens (tertiary/aromatic N) is 16. The highest BCUT2D eigenvalue weighted by Gasteiger charge is 2.28. The highest BCUT2D eigenvalue weighted by molar-refractivity contribution is 6.34. The summed E-state index contributed by atoms with van der Waals surface area (Å²) in [6, 6.07) is 7.65. The van der Waals surface area contributed by atoms with Gasteiger partial charge >= 0.3 is 0 Å². The third-order valence-electron chi connectivity index (χ3n) is 12.2. The van der Waals surface area contributed by atoms with E-state index in [0.29, 0.717) is 22.0 Å². The van der Waals surface area contributed by atoms with E-state index in [1.807, 2.05) is 47.2 Å². The minimum Gasteiger partial charge on any atom is -0.397 e. The van der Waals surface area contributed by atoms with E-state index in [9.17, 15) is 0 Å². The fourth-order valence-electron chi connectivity index (χ4n) is 8.31. The van der Waals surface area contributed by atoms with Crippen molar-refractivity contribution in [1.82, 2.24) is 77.7 Å². The number of aryl methyl sites for hydroxylation is 2. The Balaban J connectivity index is 0.000000134. The first-order valence-electron chi connectivity index (χ1n) is 24.6. The Bertz CT molecular complexity index is 3300. The zero-order chi connectivity index (χ0) is 53.6. The van der Waals surface area contributed by atoms with Crippen LogP contribution >= 0.6 is 11.6 Å². The Morgan fingerprint density at radius 2 is 0.877 bits per heavy atom. The molecular formula is C54H73ClN18. The van der Waals surface area contributed by atoms with Gasteiger partial charge in [0, 0.05) is 52.5 Å². The Kier molecular flexibility index (Phi) is 14.8. The van der Waals surface area contributed by atoms with E-state index in [1.165, 1.54) is 30.3 Å². The fraction of sp³-hybridized carbons (Fsp3) is 0.463. The van der Waals surface area contributed by atoms with Crippen molar-refractivity contribution in [3.8, 4) is 0 Å². The summed E-state index contributed by atoms with van der Waals surface area (Å²) in [6.45, 7) is 36.0. The molecule has 10 heterocycles. The lowest BCUT2D eigenvalue weighted by Gasteiger charge is -2.22. The van der Waals surface area contributed by atoms with E-state index < -0.39 is 0 Å². The van der Waals surface area contributed by atoms with E-state index in [0.717, 1.165) is 62.0 Å². The number of halogens is 1. The summed E-state index contributed by atoms with van der Waals surface area (Å²) in [4.78, 5) is 47.4. The lowest BCUT2D eigenvalue weighted by molar-refractivity contribution is 0.397. The molecule has 1 fully saturated rings. The third kappa shape index (κ3) is 11.7. The van der Waals surface area contributed by atoms with Gasteiger partial charge in [0.2, 0.25) is 0 Å². The second-order valence-corrected chi connectivity index (χ2v) is 23.8. The zero-order valence-corrected chi connectivity index (χ0v) is 46.4. The molecule has 0 aliphatic heterocycles. The molecule has 18 nitrogen and oxygen atoms in total. The van der Waals surface area contributed by atoms with Crippen LogP contribution in [0.5, 0.6) is 0 Å². The minimum absolute atomic E-state index is 0.0214. The smallest absolute Gasteiger partial charge is 0.165 e. The number of rotatable bonds is 1. The molecular weight excluding hydrogens is 936 g/mol. The van der Waals surface area contributed by atoms with E-state index >= 15 is 0 Å². The number of aromatic nitrogens is 16. The zero-order valence-electron chi connectivity index (χ0n) is 45.7. The summed E-state index contributed by atoms with van der Waals surface area (Å²) in [5.41, 5.74) is 23.6. The predicted molar refractivity (Wildman–Crippen MR) is 296 cm³/mol. The molecule has 0 radical (unpaired) electrons. The Morgan fingerprint density at radius 1 is 0.452 bits per heavy atom. The van der Waals surface area contributed by atoms with Crippen molar-refractivity contribution in [1.29, 1.82) is 0 Å². The molecule has 0 atom stereocenters. The summed E-state index contributed by atoms with van der Waals surface area (Å²) >= 11 is 6.00. The number of imidazole rings is 5. The van der Waals surface area contributed by atoms with Crippen LogP contribution in [0, 0.1) is 13.8 Å². The number of nitrogen functional groups attached to an aromatic ring is 2. The highest BCUT2D eigenvalue weighted by atomic mass is 35.5. The highest BCUT2D eigenvalue weighted by Crippen LogP contribution is 2.42. The van der Waals surface area contributed by atoms with E-state index in [-0.39, 0.29) is 27.7 Å². The lowest BCUT2D eigenvalue weighted by Crippen LogP contribution is -2.23. The number of nitrogens with two attached hydrogens (primary N) is 2. The van der Waals surface area contributed by atoms with Gasteiger partial charge in [-0.05, 0) is 172 Å². The topological polar surface area (TPSA) is 218 Å². The Hall–Kier alpha value is -7.08. The average molecular weight is 1010 g/mol. The van der Waals surface area contributed by atoms with Gasteiger partial charge in [0.1, 0.15) is 39.7 Å². The van der Waals surface area contributed by atoms with Crippen LogP contribution in [-0.4, -0.2) is 77.7 Å². The molecule has 73 heavy (non-hydrogen) atoms. The van der Waals surface area contributed by atoms with Gasteiger partial charge < -0.3 is 34.3 Å². The van der Waals surface area contributed by atoms with Crippen LogP contribution in [0.2, 0.25) is 5.02 Å². The van der Waals surface area contributed by atoms with Crippen molar-refractivity contribution in [2.24, 2.45) is 0 Å². The standard InChI is InChI=1S/C13H17N3.C11H16N4.C11H15N3.C10H12ClN3.C9H13N5/c1-13(2,3)16-8-15-11-10(9-4-5-9)6-7-14-12(11)16;1-7-14-9-8(12)5-6-13-10(9)15(7)11(2,3)4;1-8-5-6-12-10-9(8)13-7-14(10)11(2,3)4;1-10(2,3)14-6-13-8-7(11)4-5-12-9(8)14;1-9(2,3)14-5-13-6-7(10)11-4-12-8(6)14/h6-9H,4-5H2,1-3H3;5-6H,1-4H3,(H2,12,13);5-7H,1-4H3;4-6H,1-3H3;4-5H,1-3H3,(H2,10,11,12). The number of anilines is 2. The average Bonchev–Trinajstić information content (AvgIpc) is 3.77. The van der Waals surface area contributed by atoms with Crippen molar-refractivity contribution in [2.45, 2.75) is 164 Å². The van der Waals surface area contributed by atoms with Crippen LogP contribution in [0.15, 0.2) is 80.7 Å². The molecule has 0 spiro atoms. The van der Waals surface area contributed by atoms with Gasteiger partial charge in [0.05, 0.1) is 36.0 Å². The monoisotopic (exact) mass is 1010 g/mol. The van der Waals surface area contributed by atoms with E-state index in [1.54, 1.807) is 37.2 Å². The molecule has 4 N–H and O–H groups in total. The molecule has 0 aromatic carbocycles. The fourth-order valence-corrected chi connectivity index (χ4v) is 8.50. The van der Waals surface area contributed by atoms with Crippen LogP contribution in [0.4, 0.5) is 11.5 Å². The maximum atomic E-state index is 6.00. The minimum atomic E-state index is -0.0461. The molecule has 1 aliphatic rings. The molecule has 1 saturated carbocycles. The Morgan fingerprint density at radius 3 is 1.40 bits per heavy atom. The van der Waals surface area contributed by atoms with Gasteiger partial charge in [0.15, 0.2) is 34.1 Å². The molecule has 1 aliphatic carbocycles. The maximum absolute atomic E-state index is 6.00. The third-order valence-corrected chi connectivity index (χ3v) is 12.5. The second kappa shape index (κ2) is 20.1. The molecule has 386 valence electrons. The summed E-state index contributed by atoms with van der Waals surface area (Å²) in [5, 5.41) is 0.651. The van der Waals surface area contributed by atoms with Gasteiger partial charge in [-0.25, -0.2) is 54.8 Å². The number of hydrogen-bond donors (Lipinski definition) is 2. The van der Waals surface area contributed by atoms with Gasteiger partial charge in [-0.15, -0.1) is 0 Å². The number of hydrogen-bond acceptors (Lipinski definition) is 13. The quantitative estimate of drug-likeness (QED) is 0.157. The van der Waals surface area contributed by atoms with Gasteiger partial charge in [-0.2, -0.15) is 0 Å². The molecule has 11 rings (SSSR count). The summed E-state index contributed by atoms with van der Waals surface area (Å²) in [7, 11) is 0. The van der Waals surface area contributed by atoms with E-state index in [2.05, 4.69) is 185 Å². The summed E-state index contributed by atoms with van der Waals surface area (Å²) < 4.78 is 10.4. The molecule has 10 aromatic rings. The summed E-state index contributed by atoms with van der Waals surface area (Å²) in [5.74, 6) is 2.11. The van der Waals surface area contributed by atoms with Crippen LogP contribution < -0.4 is 11.5 Å². The van der Waals surface area contributed by atoms with Gasteiger partial charge in [-0.1, -0.05) is 11.6 Å². The molecule has 0 unspecified atom stereocenters. The first kappa shape index (κ1) is 53.7. The first-order chi connectivity index (χ1) is 34.0.